The van der Waals surface area contributed by atoms with E-state index in [1.165, 1.54) is 18.5 Å². The average molecular weight is 368 g/mol. The molecular weight excluding hydrogens is 345 g/mol. The Labute approximate surface area is 153 Å². The molecule has 2 aliphatic heterocycles. The Balaban J connectivity index is 1.63. The summed E-state index contributed by atoms with van der Waals surface area (Å²) in [5.74, 6) is 0. The first-order valence-corrected chi connectivity index (χ1v) is 9.52. The number of halogens is 2. The number of ether oxygens (including phenoxy) is 2. The van der Waals surface area contributed by atoms with Crippen LogP contribution in [0.15, 0.2) is 23.8 Å². The van der Waals surface area contributed by atoms with Crippen molar-refractivity contribution in [2.75, 3.05) is 19.8 Å². The smallest absolute Gasteiger partial charge is 0.0876 e. The number of likely N-dealkylation sites (tertiary alicyclic amines) is 1. The van der Waals surface area contributed by atoms with Crippen LogP contribution in [0.4, 0.5) is 0 Å². The van der Waals surface area contributed by atoms with Crippen LogP contribution in [0.5, 0.6) is 0 Å². The summed E-state index contributed by atoms with van der Waals surface area (Å²) in [6.07, 6.45) is 5.90. The summed E-state index contributed by atoms with van der Waals surface area (Å²) >= 11 is 12.2. The fourth-order valence-electron chi connectivity index (χ4n) is 4.08. The molecule has 1 aromatic rings. The minimum absolute atomic E-state index is 0.181. The number of benzene rings is 1. The topological polar surface area (TPSA) is 21.7 Å². The average Bonchev–Trinajstić information content (AvgIpc) is 2.57. The maximum Gasteiger partial charge on any atom is 0.0876 e. The lowest BCUT2D eigenvalue weighted by atomic mass is 9.81. The lowest BCUT2D eigenvalue weighted by Crippen LogP contribution is -2.57. The molecule has 5 heteroatoms. The molecule has 3 nitrogen and oxygen atoms in total. The Morgan fingerprint density at radius 1 is 1.12 bits per heavy atom. The number of hydrogen-bond acceptors (Lipinski definition) is 3. The molecule has 4 atom stereocenters. The van der Waals surface area contributed by atoms with Gasteiger partial charge in [-0.2, -0.15) is 0 Å². The Morgan fingerprint density at radius 3 is 2.58 bits per heavy atom. The van der Waals surface area contributed by atoms with Gasteiger partial charge in [-0.25, -0.2) is 0 Å². The SMILES string of the molecule is CC1CCN1C1CC2OCCOC2CC1=Cc1ccc(Cl)c(Cl)c1. The largest absolute Gasteiger partial charge is 0.373 e. The second-order valence-electron chi connectivity index (χ2n) is 7.04. The maximum absolute atomic E-state index is 6.19. The first-order chi connectivity index (χ1) is 11.6. The van der Waals surface area contributed by atoms with Gasteiger partial charge in [0.05, 0.1) is 35.5 Å². The summed E-state index contributed by atoms with van der Waals surface area (Å²) in [6, 6.07) is 6.92. The number of fused-ring (bicyclic) bond motifs is 1. The molecule has 1 aromatic carbocycles. The number of nitrogens with zero attached hydrogens (tertiary/aromatic N) is 1. The zero-order chi connectivity index (χ0) is 16.7. The molecule has 1 aliphatic carbocycles. The maximum atomic E-state index is 6.19. The third kappa shape index (κ3) is 3.25. The lowest BCUT2D eigenvalue weighted by molar-refractivity contribution is -0.158. The van der Waals surface area contributed by atoms with E-state index in [9.17, 15) is 0 Å². The molecule has 4 rings (SSSR count). The van der Waals surface area contributed by atoms with Crippen molar-refractivity contribution < 1.29 is 9.47 Å². The highest BCUT2D eigenvalue weighted by Crippen LogP contribution is 2.38. The van der Waals surface area contributed by atoms with Crippen LogP contribution in [0.1, 0.15) is 31.7 Å². The Bertz CT molecular complexity index is 648. The Morgan fingerprint density at radius 2 is 1.92 bits per heavy atom. The van der Waals surface area contributed by atoms with Crippen LogP contribution in [0.2, 0.25) is 10.0 Å². The fraction of sp³-hybridized carbons (Fsp3) is 0.579. The molecule has 0 aromatic heterocycles. The van der Waals surface area contributed by atoms with Crippen LogP contribution >= 0.6 is 23.2 Å². The number of hydrogen-bond donors (Lipinski definition) is 0. The van der Waals surface area contributed by atoms with E-state index in [0.717, 1.165) is 25.0 Å². The van der Waals surface area contributed by atoms with Crippen molar-refractivity contribution in [2.45, 2.75) is 50.5 Å². The summed E-state index contributed by atoms with van der Waals surface area (Å²) in [4.78, 5) is 2.59. The predicted molar refractivity (Wildman–Crippen MR) is 97.7 cm³/mol. The van der Waals surface area contributed by atoms with E-state index in [4.69, 9.17) is 32.7 Å². The van der Waals surface area contributed by atoms with E-state index in [-0.39, 0.29) is 12.2 Å². The standard InChI is InChI=1S/C19H23Cl2NO2/c1-12-4-5-22(12)17-11-19-18(23-6-7-24-19)10-14(17)8-13-2-3-15(20)16(21)9-13/h2-3,8-9,12,17-19H,4-7,10-11H2,1H3. The summed E-state index contributed by atoms with van der Waals surface area (Å²) in [6.45, 7) is 4.90. The van der Waals surface area contributed by atoms with Crippen molar-refractivity contribution in [3.63, 3.8) is 0 Å². The molecule has 2 saturated heterocycles. The van der Waals surface area contributed by atoms with Crippen molar-refractivity contribution in [1.82, 2.24) is 4.90 Å². The van der Waals surface area contributed by atoms with Crippen LogP contribution in [0.25, 0.3) is 6.08 Å². The van der Waals surface area contributed by atoms with E-state index in [1.54, 1.807) is 0 Å². The summed E-state index contributed by atoms with van der Waals surface area (Å²) < 4.78 is 11.9. The minimum Gasteiger partial charge on any atom is -0.373 e. The van der Waals surface area contributed by atoms with Crippen LogP contribution < -0.4 is 0 Å². The Hall–Kier alpha value is -0.580. The highest BCUT2D eigenvalue weighted by atomic mass is 35.5. The zero-order valence-corrected chi connectivity index (χ0v) is 15.4. The summed E-state index contributed by atoms with van der Waals surface area (Å²) in [5, 5.41) is 1.20. The molecule has 0 N–H and O–H groups in total. The second-order valence-corrected chi connectivity index (χ2v) is 7.86. The quantitative estimate of drug-likeness (QED) is 0.772. The highest BCUT2D eigenvalue weighted by Gasteiger charge is 2.42. The van der Waals surface area contributed by atoms with Crippen LogP contribution in [0.3, 0.4) is 0 Å². The van der Waals surface area contributed by atoms with Crippen molar-refractivity contribution in [2.24, 2.45) is 0 Å². The molecule has 4 unspecified atom stereocenters. The first kappa shape index (κ1) is 16.9. The van der Waals surface area contributed by atoms with Gasteiger partial charge in [-0.05, 0) is 49.5 Å². The fourth-order valence-corrected chi connectivity index (χ4v) is 4.39. The third-order valence-corrected chi connectivity index (χ3v) is 6.29. The van der Waals surface area contributed by atoms with Crippen molar-refractivity contribution in [3.05, 3.63) is 39.4 Å². The van der Waals surface area contributed by atoms with E-state index in [2.05, 4.69) is 17.9 Å². The zero-order valence-electron chi connectivity index (χ0n) is 13.9. The molecule has 130 valence electrons. The van der Waals surface area contributed by atoms with Crippen molar-refractivity contribution >= 4 is 29.3 Å². The molecule has 3 fully saturated rings. The van der Waals surface area contributed by atoms with Gasteiger partial charge in [0.25, 0.3) is 0 Å². The summed E-state index contributed by atoms with van der Waals surface area (Å²) in [5.41, 5.74) is 2.53. The van der Waals surface area contributed by atoms with Gasteiger partial charge in [-0.3, -0.25) is 4.90 Å². The van der Waals surface area contributed by atoms with Gasteiger partial charge < -0.3 is 9.47 Å². The first-order valence-electron chi connectivity index (χ1n) is 8.76. The minimum atomic E-state index is 0.181. The second kappa shape index (κ2) is 6.97. The normalized spacial score (nSPS) is 35.5. The third-order valence-electron chi connectivity index (χ3n) is 5.55. The molecule has 0 amide bonds. The molecule has 0 spiro atoms. The van der Waals surface area contributed by atoms with E-state index < -0.39 is 0 Å². The molecule has 0 bridgehead atoms. The summed E-state index contributed by atoms with van der Waals surface area (Å²) in [7, 11) is 0. The van der Waals surface area contributed by atoms with Crippen LogP contribution in [-0.2, 0) is 9.47 Å². The van der Waals surface area contributed by atoms with Crippen LogP contribution in [-0.4, -0.2) is 49.0 Å². The monoisotopic (exact) mass is 367 g/mol. The van der Waals surface area contributed by atoms with Gasteiger partial charge in [-0.15, -0.1) is 0 Å². The molecule has 2 heterocycles. The molecule has 0 radical (unpaired) electrons. The van der Waals surface area contributed by atoms with Gasteiger partial charge in [0, 0.05) is 18.6 Å². The van der Waals surface area contributed by atoms with Crippen LogP contribution in [0, 0.1) is 0 Å². The van der Waals surface area contributed by atoms with Crippen molar-refractivity contribution in [1.29, 1.82) is 0 Å². The van der Waals surface area contributed by atoms with E-state index >= 15 is 0 Å². The van der Waals surface area contributed by atoms with E-state index in [1.807, 2.05) is 18.2 Å². The van der Waals surface area contributed by atoms with Gasteiger partial charge in [-0.1, -0.05) is 35.3 Å². The molecule has 3 aliphatic rings. The Kier molecular flexibility index (Phi) is 4.90. The molecular formula is C19H23Cl2NO2. The predicted octanol–water partition coefficient (Wildman–Crippen LogP) is 4.42. The van der Waals surface area contributed by atoms with Crippen molar-refractivity contribution in [3.8, 4) is 0 Å². The van der Waals surface area contributed by atoms with Gasteiger partial charge in [0.1, 0.15) is 0 Å². The molecule has 1 saturated carbocycles. The van der Waals surface area contributed by atoms with E-state index in [0.29, 0.717) is 28.7 Å². The van der Waals surface area contributed by atoms with Gasteiger partial charge in [0.15, 0.2) is 0 Å². The number of rotatable bonds is 2. The van der Waals surface area contributed by atoms with Gasteiger partial charge in [0.2, 0.25) is 0 Å². The lowest BCUT2D eigenvalue weighted by Gasteiger charge is -2.50. The van der Waals surface area contributed by atoms with Gasteiger partial charge >= 0.3 is 0 Å². The highest BCUT2D eigenvalue weighted by molar-refractivity contribution is 6.42. The molecule has 24 heavy (non-hydrogen) atoms.